The maximum Gasteiger partial charge on any atom is 0.317 e. The van der Waals surface area contributed by atoms with Crippen molar-refractivity contribution in [3.63, 3.8) is 0 Å². The highest BCUT2D eigenvalue weighted by Gasteiger charge is 2.22. The molecule has 21 heavy (non-hydrogen) atoms. The maximum atomic E-state index is 12.2. The van der Waals surface area contributed by atoms with Gasteiger partial charge in [-0.05, 0) is 63.6 Å². The van der Waals surface area contributed by atoms with E-state index in [4.69, 9.17) is 0 Å². The Bertz CT molecular complexity index is 326. The molecule has 2 fully saturated rings. The molecule has 1 saturated carbocycles. The fourth-order valence-corrected chi connectivity index (χ4v) is 3.83. The van der Waals surface area contributed by atoms with Gasteiger partial charge in [0.2, 0.25) is 0 Å². The van der Waals surface area contributed by atoms with Gasteiger partial charge in [0.1, 0.15) is 0 Å². The molecule has 0 bridgehead atoms. The first-order chi connectivity index (χ1) is 10.0. The normalized spacial score (nSPS) is 28.3. The third-order valence-electron chi connectivity index (χ3n) is 5.30. The van der Waals surface area contributed by atoms with E-state index in [1.807, 2.05) is 11.9 Å². The van der Waals surface area contributed by atoms with Gasteiger partial charge in [0, 0.05) is 20.1 Å². The summed E-state index contributed by atoms with van der Waals surface area (Å²) in [7, 11) is 4.12. The number of carbonyl (C=O) groups is 1. The summed E-state index contributed by atoms with van der Waals surface area (Å²) in [5, 5.41) is 3.15. The molecule has 4 heteroatoms. The Labute approximate surface area is 130 Å². The largest absolute Gasteiger partial charge is 0.338 e. The van der Waals surface area contributed by atoms with Gasteiger partial charge in [0.15, 0.2) is 0 Å². The Hall–Kier alpha value is -0.770. The van der Waals surface area contributed by atoms with Crippen molar-refractivity contribution in [2.45, 2.75) is 45.4 Å². The van der Waals surface area contributed by atoms with Crippen molar-refractivity contribution in [2.24, 2.45) is 17.8 Å². The van der Waals surface area contributed by atoms with Crippen LogP contribution in [0.25, 0.3) is 0 Å². The SMILES string of the molecule is C[C@@H]1CCC[C@H](CNC(=O)N(C)CC2CCN(C)CC2)C1. The van der Waals surface area contributed by atoms with E-state index >= 15 is 0 Å². The van der Waals surface area contributed by atoms with E-state index in [0.717, 1.165) is 19.0 Å². The van der Waals surface area contributed by atoms with Gasteiger partial charge in [-0.2, -0.15) is 0 Å². The predicted molar refractivity (Wildman–Crippen MR) is 87.4 cm³/mol. The molecular weight excluding hydrogens is 262 g/mol. The molecule has 0 aromatic rings. The van der Waals surface area contributed by atoms with Gasteiger partial charge in [-0.3, -0.25) is 0 Å². The summed E-state index contributed by atoms with van der Waals surface area (Å²) < 4.78 is 0. The number of amides is 2. The number of piperidine rings is 1. The number of hydrogen-bond donors (Lipinski definition) is 1. The minimum Gasteiger partial charge on any atom is -0.338 e. The quantitative estimate of drug-likeness (QED) is 0.865. The molecule has 2 atom stereocenters. The van der Waals surface area contributed by atoms with Crippen LogP contribution in [0.4, 0.5) is 4.79 Å². The van der Waals surface area contributed by atoms with Crippen molar-refractivity contribution < 1.29 is 4.79 Å². The average molecular weight is 295 g/mol. The van der Waals surface area contributed by atoms with Gasteiger partial charge in [-0.25, -0.2) is 4.79 Å². The second kappa shape index (κ2) is 8.02. The first-order valence-electron chi connectivity index (χ1n) is 8.72. The van der Waals surface area contributed by atoms with Crippen LogP contribution in [-0.4, -0.2) is 56.1 Å². The Balaban J connectivity index is 1.65. The molecule has 2 amide bonds. The average Bonchev–Trinajstić information content (AvgIpc) is 2.47. The topological polar surface area (TPSA) is 35.6 Å². The van der Waals surface area contributed by atoms with E-state index in [-0.39, 0.29) is 6.03 Å². The molecule has 1 saturated heterocycles. The van der Waals surface area contributed by atoms with Crippen LogP contribution < -0.4 is 5.32 Å². The molecule has 1 aliphatic carbocycles. The highest BCUT2D eigenvalue weighted by molar-refractivity contribution is 5.73. The van der Waals surface area contributed by atoms with Gasteiger partial charge < -0.3 is 15.1 Å². The number of hydrogen-bond acceptors (Lipinski definition) is 2. The molecule has 0 unspecified atom stereocenters. The zero-order chi connectivity index (χ0) is 15.2. The molecule has 1 heterocycles. The number of carbonyl (C=O) groups excluding carboxylic acids is 1. The lowest BCUT2D eigenvalue weighted by Gasteiger charge is -2.32. The Morgan fingerprint density at radius 1 is 1.19 bits per heavy atom. The molecule has 0 radical (unpaired) electrons. The van der Waals surface area contributed by atoms with Crippen LogP contribution >= 0.6 is 0 Å². The Morgan fingerprint density at radius 2 is 1.90 bits per heavy atom. The first-order valence-corrected chi connectivity index (χ1v) is 8.72. The van der Waals surface area contributed by atoms with Gasteiger partial charge in [-0.15, -0.1) is 0 Å². The highest BCUT2D eigenvalue weighted by atomic mass is 16.2. The van der Waals surface area contributed by atoms with Crippen molar-refractivity contribution in [3.05, 3.63) is 0 Å². The zero-order valence-electron chi connectivity index (χ0n) is 14.1. The Morgan fingerprint density at radius 3 is 2.57 bits per heavy atom. The van der Waals surface area contributed by atoms with Crippen molar-refractivity contribution in [1.29, 1.82) is 0 Å². The predicted octanol–water partition coefficient (Wildman–Crippen LogP) is 2.80. The molecule has 1 aliphatic heterocycles. The van der Waals surface area contributed by atoms with Crippen molar-refractivity contribution >= 4 is 6.03 Å². The fourth-order valence-electron chi connectivity index (χ4n) is 3.83. The fraction of sp³-hybridized carbons (Fsp3) is 0.941. The minimum atomic E-state index is 0.118. The zero-order valence-corrected chi connectivity index (χ0v) is 14.1. The summed E-state index contributed by atoms with van der Waals surface area (Å²) in [4.78, 5) is 16.5. The molecule has 0 aromatic carbocycles. The van der Waals surface area contributed by atoms with Crippen LogP contribution in [0.2, 0.25) is 0 Å². The lowest BCUT2D eigenvalue weighted by atomic mass is 9.82. The van der Waals surface area contributed by atoms with Crippen LogP contribution in [0.3, 0.4) is 0 Å². The summed E-state index contributed by atoms with van der Waals surface area (Å²) in [6, 6.07) is 0.118. The Kier molecular flexibility index (Phi) is 6.34. The number of rotatable bonds is 4. The van der Waals surface area contributed by atoms with Crippen molar-refractivity contribution in [3.8, 4) is 0 Å². The van der Waals surface area contributed by atoms with Crippen LogP contribution in [0, 0.1) is 17.8 Å². The van der Waals surface area contributed by atoms with Gasteiger partial charge >= 0.3 is 6.03 Å². The summed E-state index contributed by atoms with van der Waals surface area (Å²) in [5.74, 6) is 2.19. The summed E-state index contributed by atoms with van der Waals surface area (Å²) >= 11 is 0. The third kappa shape index (κ3) is 5.50. The van der Waals surface area contributed by atoms with Crippen molar-refractivity contribution in [2.75, 3.05) is 40.3 Å². The minimum absolute atomic E-state index is 0.118. The molecule has 2 aliphatic rings. The van der Waals surface area contributed by atoms with E-state index in [1.165, 1.54) is 51.6 Å². The summed E-state index contributed by atoms with van der Waals surface area (Å²) in [6.45, 7) is 6.43. The first kappa shape index (κ1) is 16.6. The molecule has 0 aromatic heterocycles. The summed E-state index contributed by atoms with van der Waals surface area (Å²) in [5.41, 5.74) is 0. The number of urea groups is 1. The molecule has 4 nitrogen and oxygen atoms in total. The number of nitrogens with zero attached hydrogens (tertiary/aromatic N) is 2. The number of nitrogens with one attached hydrogen (secondary N) is 1. The molecule has 122 valence electrons. The monoisotopic (exact) mass is 295 g/mol. The smallest absolute Gasteiger partial charge is 0.317 e. The highest BCUT2D eigenvalue weighted by Crippen LogP contribution is 2.27. The van der Waals surface area contributed by atoms with Crippen LogP contribution in [0.1, 0.15) is 45.4 Å². The van der Waals surface area contributed by atoms with E-state index in [2.05, 4.69) is 24.2 Å². The molecule has 0 spiro atoms. The van der Waals surface area contributed by atoms with E-state index in [9.17, 15) is 4.79 Å². The van der Waals surface area contributed by atoms with Crippen LogP contribution in [0.5, 0.6) is 0 Å². The van der Waals surface area contributed by atoms with E-state index in [1.54, 1.807) is 0 Å². The standard InChI is InChI=1S/C17H33N3O/c1-14-5-4-6-16(11-14)12-18-17(21)20(3)13-15-7-9-19(2)10-8-15/h14-16H,4-13H2,1-3H3,(H,18,21)/t14-,16+/m1/s1. The summed E-state index contributed by atoms with van der Waals surface area (Å²) in [6.07, 6.45) is 7.68. The van der Waals surface area contributed by atoms with Crippen LogP contribution in [-0.2, 0) is 0 Å². The van der Waals surface area contributed by atoms with Crippen molar-refractivity contribution in [1.82, 2.24) is 15.1 Å². The second-order valence-corrected chi connectivity index (χ2v) is 7.45. The lowest BCUT2D eigenvalue weighted by molar-refractivity contribution is 0.167. The molecular formula is C17H33N3O. The number of likely N-dealkylation sites (tertiary alicyclic amines) is 1. The molecule has 1 N–H and O–H groups in total. The van der Waals surface area contributed by atoms with Gasteiger partial charge in [0.25, 0.3) is 0 Å². The third-order valence-corrected chi connectivity index (χ3v) is 5.30. The lowest BCUT2D eigenvalue weighted by Crippen LogP contribution is -2.43. The maximum absolute atomic E-state index is 12.2. The van der Waals surface area contributed by atoms with E-state index in [0.29, 0.717) is 11.8 Å². The van der Waals surface area contributed by atoms with Gasteiger partial charge in [0.05, 0.1) is 0 Å². The second-order valence-electron chi connectivity index (χ2n) is 7.45. The van der Waals surface area contributed by atoms with Crippen LogP contribution in [0.15, 0.2) is 0 Å². The van der Waals surface area contributed by atoms with E-state index < -0.39 is 0 Å². The van der Waals surface area contributed by atoms with Gasteiger partial charge in [-0.1, -0.05) is 19.8 Å². The molecule has 2 rings (SSSR count).